The molecule has 1 rings (SSSR count). The summed E-state index contributed by atoms with van der Waals surface area (Å²) in [5, 5.41) is 0. The van der Waals surface area contributed by atoms with E-state index in [1.807, 2.05) is 20.8 Å². The molecule has 0 aliphatic carbocycles. The highest BCUT2D eigenvalue weighted by molar-refractivity contribution is 9.10. The second kappa shape index (κ2) is 5.89. The normalized spacial score (nSPS) is 15.1. The van der Waals surface area contributed by atoms with E-state index < -0.39 is 17.7 Å². The maximum Gasteiger partial charge on any atom is 0.145 e. The van der Waals surface area contributed by atoms with E-state index in [2.05, 4.69) is 21.4 Å². The van der Waals surface area contributed by atoms with Crippen LogP contribution >= 0.6 is 15.9 Å². The summed E-state index contributed by atoms with van der Waals surface area (Å²) >= 11 is 3.05. The van der Waals surface area contributed by atoms with Gasteiger partial charge in [0.25, 0.3) is 0 Å². The van der Waals surface area contributed by atoms with Gasteiger partial charge in [0.1, 0.15) is 11.6 Å². The number of nitrogens with two attached hydrogens (primary N) is 1. The number of rotatable bonds is 4. The second-order valence-electron chi connectivity index (χ2n) is 4.50. The first-order chi connectivity index (χ1) is 7.90. The van der Waals surface area contributed by atoms with Gasteiger partial charge in [-0.15, -0.1) is 0 Å². The van der Waals surface area contributed by atoms with Crippen LogP contribution in [-0.4, -0.2) is 0 Å². The second-order valence-corrected chi connectivity index (χ2v) is 5.36. The highest BCUT2D eigenvalue weighted by Crippen LogP contribution is 2.33. The molecule has 2 nitrogen and oxygen atoms in total. The quantitative estimate of drug-likeness (QED) is 0.507. The fourth-order valence-corrected chi connectivity index (χ4v) is 2.06. The molecular weight excluding hydrogens is 290 g/mol. The predicted molar refractivity (Wildman–Crippen MR) is 68.1 cm³/mol. The van der Waals surface area contributed by atoms with E-state index >= 15 is 0 Å². The lowest BCUT2D eigenvalue weighted by molar-refractivity contribution is 0.292. The third-order valence-corrected chi connectivity index (χ3v) is 3.76. The summed E-state index contributed by atoms with van der Waals surface area (Å²) in [7, 11) is 0. The molecule has 2 unspecified atom stereocenters. The molecular formula is C12H17BrF2N2. The topological polar surface area (TPSA) is 38.0 Å². The molecule has 0 bridgehead atoms. The van der Waals surface area contributed by atoms with Crippen LogP contribution < -0.4 is 11.3 Å². The summed E-state index contributed by atoms with van der Waals surface area (Å²) in [6, 6.07) is 2.04. The highest BCUT2D eigenvalue weighted by Gasteiger charge is 2.27. The average Bonchev–Trinajstić information content (AvgIpc) is 2.28. The highest BCUT2D eigenvalue weighted by atomic mass is 79.9. The van der Waals surface area contributed by atoms with E-state index in [1.54, 1.807) is 0 Å². The molecule has 0 aliphatic heterocycles. The number of nitrogens with one attached hydrogen (secondary N) is 1. The van der Waals surface area contributed by atoms with E-state index in [4.69, 9.17) is 5.84 Å². The third kappa shape index (κ3) is 3.03. The van der Waals surface area contributed by atoms with E-state index in [0.29, 0.717) is 0 Å². The maximum atomic E-state index is 13.9. The minimum absolute atomic E-state index is 0.0110. The summed E-state index contributed by atoms with van der Waals surface area (Å²) < 4.78 is 27.9. The molecule has 1 aromatic rings. The molecule has 0 aromatic heterocycles. The minimum atomic E-state index is -0.597. The van der Waals surface area contributed by atoms with E-state index in [1.165, 1.54) is 12.1 Å². The molecule has 0 saturated carbocycles. The monoisotopic (exact) mass is 306 g/mol. The largest absolute Gasteiger partial charge is 0.271 e. The SMILES string of the molecule is CC(C)C(C)C(NN)c1c(F)ccc(Br)c1F. The molecule has 1 aromatic carbocycles. The van der Waals surface area contributed by atoms with Gasteiger partial charge in [0.2, 0.25) is 0 Å². The van der Waals surface area contributed by atoms with Gasteiger partial charge >= 0.3 is 0 Å². The van der Waals surface area contributed by atoms with Crippen molar-refractivity contribution >= 4 is 15.9 Å². The number of hydrazine groups is 1. The molecule has 2 atom stereocenters. The summed E-state index contributed by atoms with van der Waals surface area (Å²) in [4.78, 5) is 0. The van der Waals surface area contributed by atoms with Crippen LogP contribution in [0.3, 0.4) is 0 Å². The zero-order chi connectivity index (χ0) is 13.2. The smallest absolute Gasteiger partial charge is 0.145 e. The van der Waals surface area contributed by atoms with Crippen LogP contribution in [0.1, 0.15) is 32.4 Å². The zero-order valence-electron chi connectivity index (χ0n) is 10.1. The lowest BCUT2D eigenvalue weighted by Gasteiger charge is -2.27. The maximum absolute atomic E-state index is 13.9. The van der Waals surface area contributed by atoms with Crippen molar-refractivity contribution in [3.63, 3.8) is 0 Å². The number of hydrogen-bond donors (Lipinski definition) is 2. The van der Waals surface area contributed by atoms with Gasteiger partial charge in [0, 0.05) is 5.56 Å². The molecule has 17 heavy (non-hydrogen) atoms. The van der Waals surface area contributed by atoms with Crippen LogP contribution in [0, 0.1) is 23.5 Å². The Labute approximate surface area is 109 Å². The van der Waals surface area contributed by atoms with E-state index in [9.17, 15) is 8.78 Å². The number of hydrogen-bond acceptors (Lipinski definition) is 2. The van der Waals surface area contributed by atoms with Crippen molar-refractivity contribution in [2.24, 2.45) is 17.7 Å². The fourth-order valence-electron chi connectivity index (χ4n) is 1.71. The Balaban J connectivity index is 3.25. The molecule has 0 spiro atoms. The summed E-state index contributed by atoms with van der Waals surface area (Å²) in [6.45, 7) is 5.89. The molecule has 0 heterocycles. The van der Waals surface area contributed by atoms with Crippen molar-refractivity contribution in [1.82, 2.24) is 5.43 Å². The van der Waals surface area contributed by atoms with Gasteiger partial charge < -0.3 is 0 Å². The van der Waals surface area contributed by atoms with Gasteiger partial charge in [-0.3, -0.25) is 11.3 Å². The minimum Gasteiger partial charge on any atom is -0.271 e. The summed E-state index contributed by atoms with van der Waals surface area (Å²) in [5.41, 5.74) is 2.50. The molecule has 5 heteroatoms. The van der Waals surface area contributed by atoms with Crippen LogP contribution in [0.25, 0.3) is 0 Å². The first-order valence-electron chi connectivity index (χ1n) is 5.49. The summed E-state index contributed by atoms with van der Waals surface area (Å²) in [6.07, 6.45) is 0. The number of halogens is 3. The molecule has 96 valence electrons. The predicted octanol–water partition coefficient (Wildman–Crippen LogP) is 3.52. The van der Waals surface area contributed by atoms with E-state index in [-0.39, 0.29) is 21.9 Å². The Morgan fingerprint density at radius 3 is 2.29 bits per heavy atom. The standard InChI is InChI=1S/C12H17BrF2N2/c1-6(2)7(3)12(17-16)10-9(14)5-4-8(13)11(10)15/h4-7,12,17H,16H2,1-3H3. The molecule has 0 radical (unpaired) electrons. The Bertz CT molecular complexity index is 396. The summed E-state index contributed by atoms with van der Waals surface area (Å²) in [5.74, 6) is 4.52. The van der Waals surface area contributed by atoms with Gasteiger partial charge in [0.05, 0.1) is 10.5 Å². The van der Waals surface area contributed by atoms with E-state index in [0.717, 1.165) is 0 Å². The third-order valence-electron chi connectivity index (χ3n) is 3.15. The van der Waals surface area contributed by atoms with Gasteiger partial charge in [-0.1, -0.05) is 20.8 Å². The van der Waals surface area contributed by atoms with Crippen molar-refractivity contribution < 1.29 is 8.78 Å². The Morgan fingerprint density at radius 2 is 1.82 bits per heavy atom. The van der Waals surface area contributed by atoms with Crippen molar-refractivity contribution in [3.8, 4) is 0 Å². The van der Waals surface area contributed by atoms with Crippen LogP contribution in [0.5, 0.6) is 0 Å². The van der Waals surface area contributed by atoms with Gasteiger partial charge in [0.15, 0.2) is 0 Å². The molecule has 0 amide bonds. The lowest BCUT2D eigenvalue weighted by Crippen LogP contribution is -2.35. The van der Waals surface area contributed by atoms with Crippen molar-refractivity contribution in [3.05, 3.63) is 33.8 Å². The molecule has 0 aliphatic rings. The molecule has 0 saturated heterocycles. The van der Waals surface area contributed by atoms with Crippen LogP contribution in [0.2, 0.25) is 0 Å². The fraction of sp³-hybridized carbons (Fsp3) is 0.500. The molecule has 3 N–H and O–H groups in total. The van der Waals surface area contributed by atoms with Gasteiger partial charge in [-0.05, 0) is 39.9 Å². The van der Waals surface area contributed by atoms with Gasteiger partial charge in [-0.25, -0.2) is 8.78 Å². The first kappa shape index (κ1) is 14.5. The average molecular weight is 307 g/mol. The zero-order valence-corrected chi connectivity index (χ0v) is 11.7. The first-order valence-corrected chi connectivity index (χ1v) is 6.29. The number of benzene rings is 1. The Hall–Kier alpha value is -0.520. The van der Waals surface area contributed by atoms with Crippen molar-refractivity contribution in [2.75, 3.05) is 0 Å². The van der Waals surface area contributed by atoms with Gasteiger partial charge in [-0.2, -0.15) is 0 Å². The van der Waals surface area contributed by atoms with Crippen LogP contribution in [-0.2, 0) is 0 Å². The van der Waals surface area contributed by atoms with Crippen molar-refractivity contribution in [2.45, 2.75) is 26.8 Å². The van der Waals surface area contributed by atoms with Crippen LogP contribution in [0.4, 0.5) is 8.78 Å². The lowest BCUT2D eigenvalue weighted by atomic mass is 9.86. The van der Waals surface area contributed by atoms with Crippen molar-refractivity contribution in [1.29, 1.82) is 0 Å². The van der Waals surface area contributed by atoms with Crippen LogP contribution in [0.15, 0.2) is 16.6 Å². The molecule has 0 fully saturated rings. The Kier molecular flexibility index (Phi) is 5.04. The Morgan fingerprint density at radius 1 is 1.24 bits per heavy atom.